The molecule has 0 spiro atoms. The van der Waals surface area contributed by atoms with E-state index in [1.807, 2.05) is 13.0 Å². The summed E-state index contributed by atoms with van der Waals surface area (Å²) in [6.07, 6.45) is 1.26. The summed E-state index contributed by atoms with van der Waals surface area (Å²) < 4.78 is 45.1. The van der Waals surface area contributed by atoms with Gasteiger partial charge in [-0.25, -0.2) is 0 Å². The average molecular weight is 538 g/mol. The van der Waals surface area contributed by atoms with Crippen molar-refractivity contribution in [3.05, 3.63) is 89.0 Å². The second kappa shape index (κ2) is 12.7. The first-order valence-corrected chi connectivity index (χ1v) is 14.0. The summed E-state index contributed by atoms with van der Waals surface area (Å²) in [5.41, 5.74) is 5.28. The first-order valence-electron chi connectivity index (χ1n) is 14.0. The largest absolute Gasteiger partial charge is 0.466 e. The van der Waals surface area contributed by atoms with Crippen LogP contribution in [0.4, 0.5) is 18.9 Å². The van der Waals surface area contributed by atoms with Crippen LogP contribution in [0.25, 0.3) is 11.1 Å². The van der Waals surface area contributed by atoms with Crippen LogP contribution in [0.15, 0.2) is 66.7 Å². The number of anilines is 1. The molecule has 1 aliphatic rings. The lowest BCUT2D eigenvalue weighted by Gasteiger charge is -2.39. The van der Waals surface area contributed by atoms with E-state index in [1.54, 1.807) is 6.92 Å². The van der Waals surface area contributed by atoms with Crippen LogP contribution in [-0.4, -0.2) is 25.2 Å². The van der Waals surface area contributed by atoms with Gasteiger partial charge in [0.2, 0.25) is 0 Å². The number of aryl methyl sites for hydroxylation is 1. The zero-order chi connectivity index (χ0) is 28.0. The minimum atomic E-state index is -4.39. The molecule has 3 aromatic rings. The molecule has 6 heteroatoms. The number of rotatable bonds is 9. The molecule has 1 saturated heterocycles. The summed E-state index contributed by atoms with van der Waals surface area (Å²) in [4.78, 5) is 15.4. The van der Waals surface area contributed by atoms with Crippen molar-refractivity contribution in [2.45, 2.75) is 77.4 Å². The topological polar surface area (TPSA) is 29.5 Å². The molecule has 0 amide bonds. The standard InChI is InChI=1S/C33H38F3NO2/c1-4-10-31(32(38)39-5-2)27-19-26(24-14-16-28(17-15-24)33(34,35)36)21-30(22-27)37-18-9-8-13-29(37)20-25-12-7-6-11-23(25)3/h6-7,11-12,14-17,19,21-22,29,31H,4-5,8-10,13,18,20H2,1-3H3. The van der Waals surface area contributed by atoms with E-state index < -0.39 is 17.7 Å². The van der Waals surface area contributed by atoms with Crippen LogP contribution in [0.2, 0.25) is 0 Å². The van der Waals surface area contributed by atoms with Crippen molar-refractivity contribution in [1.82, 2.24) is 0 Å². The highest BCUT2D eigenvalue weighted by atomic mass is 19.4. The third-order valence-corrected chi connectivity index (χ3v) is 7.71. The number of hydrogen-bond donors (Lipinski definition) is 0. The Morgan fingerprint density at radius 1 is 1.00 bits per heavy atom. The van der Waals surface area contributed by atoms with E-state index in [1.165, 1.54) is 23.3 Å². The van der Waals surface area contributed by atoms with E-state index in [9.17, 15) is 18.0 Å². The molecule has 0 N–H and O–H groups in total. The summed E-state index contributed by atoms with van der Waals surface area (Å²) in [5.74, 6) is -0.687. The van der Waals surface area contributed by atoms with Crippen molar-refractivity contribution in [1.29, 1.82) is 0 Å². The average Bonchev–Trinajstić information content (AvgIpc) is 2.93. The molecule has 1 fully saturated rings. The molecule has 0 saturated carbocycles. The lowest BCUT2D eigenvalue weighted by Crippen LogP contribution is -2.41. The molecule has 0 aromatic heterocycles. The molecule has 2 atom stereocenters. The molecule has 1 heterocycles. The molecular weight excluding hydrogens is 499 g/mol. The summed E-state index contributed by atoms with van der Waals surface area (Å²) in [6.45, 7) is 7.17. The number of carbonyl (C=O) groups is 1. The predicted octanol–water partition coefficient (Wildman–Crippen LogP) is 8.73. The number of benzene rings is 3. The molecular formula is C33H38F3NO2. The van der Waals surface area contributed by atoms with Crippen molar-refractivity contribution in [3.8, 4) is 11.1 Å². The van der Waals surface area contributed by atoms with Crippen LogP contribution in [0.3, 0.4) is 0 Å². The SMILES string of the molecule is CCCC(C(=O)OCC)c1cc(-c2ccc(C(F)(F)F)cc2)cc(N2CCCCC2Cc2ccccc2C)c1. The van der Waals surface area contributed by atoms with Crippen molar-refractivity contribution in [3.63, 3.8) is 0 Å². The quantitative estimate of drug-likeness (QED) is 0.256. The first kappa shape index (κ1) is 28.7. The van der Waals surface area contributed by atoms with Crippen LogP contribution in [0.1, 0.15) is 74.1 Å². The van der Waals surface area contributed by atoms with Gasteiger partial charge < -0.3 is 9.64 Å². The molecule has 4 rings (SSSR count). The normalized spacial score (nSPS) is 16.7. The lowest BCUT2D eigenvalue weighted by molar-refractivity contribution is -0.145. The monoisotopic (exact) mass is 537 g/mol. The van der Waals surface area contributed by atoms with Gasteiger partial charge in [0, 0.05) is 18.3 Å². The van der Waals surface area contributed by atoms with Gasteiger partial charge in [0.15, 0.2) is 0 Å². The molecule has 39 heavy (non-hydrogen) atoms. The van der Waals surface area contributed by atoms with Gasteiger partial charge in [0.25, 0.3) is 0 Å². The molecule has 0 bridgehead atoms. The summed E-state index contributed by atoms with van der Waals surface area (Å²) in [5, 5.41) is 0. The number of alkyl halides is 3. The Morgan fingerprint density at radius 3 is 2.41 bits per heavy atom. The number of piperidine rings is 1. The minimum Gasteiger partial charge on any atom is -0.466 e. The molecule has 0 radical (unpaired) electrons. The maximum Gasteiger partial charge on any atom is 0.416 e. The molecule has 208 valence electrons. The first-order chi connectivity index (χ1) is 18.7. The number of hydrogen-bond acceptors (Lipinski definition) is 3. The van der Waals surface area contributed by atoms with Gasteiger partial charge in [-0.15, -0.1) is 0 Å². The fraction of sp³-hybridized carbons (Fsp3) is 0.424. The molecule has 1 aliphatic heterocycles. The highest BCUT2D eigenvalue weighted by Gasteiger charge is 2.30. The Bertz CT molecular complexity index is 1250. The summed E-state index contributed by atoms with van der Waals surface area (Å²) >= 11 is 0. The molecule has 0 aliphatic carbocycles. The van der Waals surface area contributed by atoms with Gasteiger partial charge in [-0.05, 0) is 98.0 Å². The van der Waals surface area contributed by atoms with E-state index >= 15 is 0 Å². The predicted molar refractivity (Wildman–Crippen MR) is 151 cm³/mol. The van der Waals surface area contributed by atoms with Crippen LogP contribution >= 0.6 is 0 Å². The lowest BCUT2D eigenvalue weighted by atomic mass is 9.89. The van der Waals surface area contributed by atoms with Crippen molar-refractivity contribution < 1.29 is 22.7 Å². The second-order valence-electron chi connectivity index (χ2n) is 10.5. The van der Waals surface area contributed by atoms with Crippen LogP contribution in [0, 0.1) is 6.92 Å². The fourth-order valence-corrected chi connectivity index (χ4v) is 5.62. The number of esters is 1. The minimum absolute atomic E-state index is 0.259. The van der Waals surface area contributed by atoms with E-state index in [4.69, 9.17) is 4.74 Å². The zero-order valence-corrected chi connectivity index (χ0v) is 23.1. The Labute approximate surface area is 230 Å². The smallest absolute Gasteiger partial charge is 0.416 e. The number of halogens is 3. The van der Waals surface area contributed by atoms with Crippen LogP contribution in [-0.2, 0) is 22.1 Å². The maximum absolute atomic E-state index is 13.2. The number of ether oxygens (including phenoxy) is 1. The molecule has 2 unspecified atom stereocenters. The van der Waals surface area contributed by atoms with E-state index in [-0.39, 0.29) is 5.97 Å². The van der Waals surface area contributed by atoms with Crippen molar-refractivity contribution >= 4 is 11.7 Å². The van der Waals surface area contributed by atoms with Gasteiger partial charge in [0.1, 0.15) is 0 Å². The van der Waals surface area contributed by atoms with Crippen LogP contribution < -0.4 is 4.90 Å². The maximum atomic E-state index is 13.2. The number of carbonyl (C=O) groups excluding carboxylic acids is 1. The van der Waals surface area contributed by atoms with E-state index in [0.29, 0.717) is 24.6 Å². The Hall–Kier alpha value is -3.28. The molecule has 3 aromatic carbocycles. The zero-order valence-electron chi connectivity index (χ0n) is 23.1. The Balaban J connectivity index is 1.78. The van der Waals surface area contributed by atoms with Crippen molar-refractivity contribution in [2.24, 2.45) is 0 Å². The van der Waals surface area contributed by atoms with Gasteiger partial charge in [-0.3, -0.25) is 4.79 Å². The van der Waals surface area contributed by atoms with Gasteiger partial charge >= 0.3 is 12.1 Å². The third kappa shape index (κ3) is 7.03. The summed E-state index contributed by atoms with van der Waals surface area (Å²) in [7, 11) is 0. The fourth-order valence-electron chi connectivity index (χ4n) is 5.62. The highest BCUT2D eigenvalue weighted by molar-refractivity contribution is 5.80. The highest BCUT2D eigenvalue weighted by Crippen LogP contribution is 2.37. The Kier molecular flexibility index (Phi) is 9.36. The molecule has 3 nitrogen and oxygen atoms in total. The number of nitrogens with zero attached hydrogens (tertiary/aromatic N) is 1. The van der Waals surface area contributed by atoms with Crippen molar-refractivity contribution in [2.75, 3.05) is 18.1 Å². The third-order valence-electron chi connectivity index (χ3n) is 7.71. The summed E-state index contributed by atoms with van der Waals surface area (Å²) in [6, 6.07) is 20.1. The van der Waals surface area contributed by atoms with Gasteiger partial charge in [-0.1, -0.05) is 55.8 Å². The second-order valence-corrected chi connectivity index (χ2v) is 10.5. The van der Waals surface area contributed by atoms with E-state index in [0.717, 1.165) is 67.6 Å². The van der Waals surface area contributed by atoms with E-state index in [2.05, 4.69) is 48.2 Å². The Morgan fingerprint density at radius 2 is 1.74 bits per heavy atom. The van der Waals surface area contributed by atoms with Gasteiger partial charge in [-0.2, -0.15) is 13.2 Å². The van der Waals surface area contributed by atoms with Gasteiger partial charge in [0.05, 0.1) is 18.1 Å². The van der Waals surface area contributed by atoms with Crippen LogP contribution in [0.5, 0.6) is 0 Å².